The van der Waals surface area contributed by atoms with E-state index in [1.165, 1.54) is 5.56 Å². The number of ether oxygens (including phenoxy) is 2. The molecule has 150 valence electrons. The lowest BCUT2D eigenvalue weighted by molar-refractivity contribution is 0.0697. The molecule has 0 radical (unpaired) electrons. The topological polar surface area (TPSA) is 67.8 Å². The van der Waals surface area contributed by atoms with E-state index < -0.39 is 5.97 Å². The van der Waals surface area contributed by atoms with Crippen LogP contribution in [0.2, 0.25) is 0 Å². The SMILES string of the molecule is COc1cc(CNc2cc(C(=O)O)ccc2C)ccc1OCc1cccc(C)c1. The van der Waals surface area contributed by atoms with Gasteiger partial charge in [0.05, 0.1) is 12.7 Å². The fourth-order valence-corrected chi connectivity index (χ4v) is 3.05. The first-order valence-corrected chi connectivity index (χ1v) is 9.39. The zero-order valence-corrected chi connectivity index (χ0v) is 16.9. The van der Waals surface area contributed by atoms with Gasteiger partial charge >= 0.3 is 5.97 Å². The second-order valence-electron chi connectivity index (χ2n) is 6.95. The number of aromatic carboxylic acids is 1. The van der Waals surface area contributed by atoms with E-state index in [1.54, 1.807) is 25.3 Å². The molecule has 3 aromatic rings. The minimum Gasteiger partial charge on any atom is -0.493 e. The summed E-state index contributed by atoms with van der Waals surface area (Å²) in [5, 5.41) is 12.5. The van der Waals surface area contributed by atoms with Crippen LogP contribution >= 0.6 is 0 Å². The van der Waals surface area contributed by atoms with Gasteiger partial charge in [0.2, 0.25) is 0 Å². The Morgan fingerprint density at radius 2 is 1.79 bits per heavy atom. The second-order valence-corrected chi connectivity index (χ2v) is 6.95. The van der Waals surface area contributed by atoms with Crippen LogP contribution in [0.3, 0.4) is 0 Å². The summed E-state index contributed by atoms with van der Waals surface area (Å²) in [6.45, 7) is 5.01. The minimum absolute atomic E-state index is 0.260. The number of nitrogens with one attached hydrogen (secondary N) is 1. The van der Waals surface area contributed by atoms with Crippen molar-refractivity contribution < 1.29 is 19.4 Å². The lowest BCUT2D eigenvalue weighted by Crippen LogP contribution is -2.04. The highest BCUT2D eigenvalue weighted by molar-refractivity contribution is 5.89. The van der Waals surface area contributed by atoms with Crippen molar-refractivity contribution in [3.8, 4) is 11.5 Å². The molecule has 0 atom stereocenters. The molecular formula is C24H25NO4. The van der Waals surface area contributed by atoms with Gasteiger partial charge in [-0.3, -0.25) is 0 Å². The van der Waals surface area contributed by atoms with Crippen molar-refractivity contribution >= 4 is 11.7 Å². The van der Waals surface area contributed by atoms with Crippen LogP contribution in [-0.4, -0.2) is 18.2 Å². The molecule has 3 aromatic carbocycles. The number of methoxy groups -OCH3 is 1. The molecule has 0 amide bonds. The Morgan fingerprint density at radius 1 is 0.966 bits per heavy atom. The summed E-state index contributed by atoms with van der Waals surface area (Å²) in [4.78, 5) is 11.2. The first-order valence-electron chi connectivity index (χ1n) is 9.39. The van der Waals surface area contributed by atoms with E-state index in [1.807, 2.05) is 37.3 Å². The van der Waals surface area contributed by atoms with Gasteiger partial charge in [-0.1, -0.05) is 42.0 Å². The summed E-state index contributed by atoms with van der Waals surface area (Å²) in [5.74, 6) is 0.402. The van der Waals surface area contributed by atoms with Gasteiger partial charge < -0.3 is 19.9 Å². The predicted molar refractivity (Wildman–Crippen MR) is 114 cm³/mol. The number of benzene rings is 3. The van der Waals surface area contributed by atoms with Crippen molar-refractivity contribution in [3.63, 3.8) is 0 Å². The Balaban J connectivity index is 1.69. The number of hydrogen-bond donors (Lipinski definition) is 2. The van der Waals surface area contributed by atoms with Crippen molar-refractivity contribution in [3.05, 3.63) is 88.5 Å². The van der Waals surface area contributed by atoms with Gasteiger partial charge in [-0.15, -0.1) is 0 Å². The number of anilines is 1. The highest BCUT2D eigenvalue weighted by Gasteiger charge is 2.09. The maximum absolute atomic E-state index is 11.2. The van der Waals surface area contributed by atoms with Crippen LogP contribution in [-0.2, 0) is 13.2 Å². The standard InChI is InChI=1S/C24H25NO4/c1-16-5-4-6-19(11-16)15-29-22-10-8-18(12-23(22)28-3)14-25-21-13-20(24(26)27)9-7-17(21)2/h4-13,25H,14-15H2,1-3H3,(H,26,27). The molecule has 0 unspecified atom stereocenters. The second kappa shape index (κ2) is 9.15. The van der Waals surface area contributed by atoms with E-state index in [0.717, 1.165) is 22.4 Å². The van der Waals surface area contributed by atoms with E-state index in [4.69, 9.17) is 9.47 Å². The molecule has 0 fully saturated rings. The molecule has 0 bridgehead atoms. The maximum atomic E-state index is 11.2. The predicted octanol–water partition coefficient (Wildman–Crippen LogP) is 5.20. The largest absolute Gasteiger partial charge is 0.493 e. The maximum Gasteiger partial charge on any atom is 0.335 e. The summed E-state index contributed by atoms with van der Waals surface area (Å²) in [5.41, 5.74) is 5.34. The quantitative estimate of drug-likeness (QED) is 0.552. The lowest BCUT2D eigenvalue weighted by atomic mass is 10.1. The van der Waals surface area contributed by atoms with Gasteiger partial charge in [0.25, 0.3) is 0 Å². The first-order chi connectivity index (χ1) is 14.0. The molecule has 0 saturated heterocycles. The lowest BCUT2D eigenvalue weighted by Gasteiger charge is -2.14. The van der Waals surface area contributed by atoms with Crippen LogP contribution in [0, 0.1) is 13.8 Å². The molecule has 2 N–H and O–H groups in total. The van der Waals surface area contributed by atoms with E-state index in [0.29, 0.717) is 24.7 Å². The molecule has 5 nitrogen and oxygen atoms in total. The Morgan fingerprint density at radius 3 is 2.52 bits per heavy atom. The molecule has 0 heterocycles. The molecule has 0 aliphatic carbocycles. The zero-order chi connectivity index (χ0) is 20.8. The van der Waals surface area contributed by atoms with Crippen LogP contribution in [0.1, 0.15) is 32.6 Å². The van der Waals surface area contributed by atoms with Gasteiger partial charge in [0, 0.05) is 12.2 Å². The molecule has 0 aromatic heterocycles. The first kappa shape index (κ1) is 20.3. The van der Waals surface area contributed by atoms with Crippen molar-refractivity contribution in [2.24, 2.45) is 0 Å². The van der Waals surface area contributed by atoms with E-state index in [-0.39, 0.29) is 5.56 Å². The number of rotatable bonds is 8. The summed E-state index contributed by atoms with van der Waals surface area (Å²) in [6, 6.07) is 19.0. The average Bonchev–Trinajstić information content (AvgIpc) is 2.71. The number of aryl methyl sites for hydroxylation is 2. The Hall–Kier alpha value is -3.47. The van der Waals surface area contributed by atoms with Crippen LogP contribution in [0.15, 0.2) is 60.7 Å². The van der Waals surface area contributed by atoms with Gasteiger partial charge in [-0.25, -0.2) is 4.79 Å². The van der Waals surface area contributed by atoms with Crippen LogP contribution < -0.4 is 14.8 Å². The van der Waals surface area contributed by atoms with Crippen LogP contribution in [0.25, 0.3) is 0 Å². The van der Waals surface area contributed by atoms with Gasteiger partial charge in [0.15, 0.2) is 11.5 Å². The van der Waals surface area contributed by atoms with Crippen molar-refractivity contribution in [1.29, 1.82) is 0 Å². The van der Waals surface area contributed by atoms with E-state index in [9.17, 15) is 9.90 Å². The van der Waals surface area contributed by atoms with E-state index >= 15 is 0 Å². The summed E-state index contributed by atoms with van der Waals surface area (Å²) in [6.07, 6.45) is 0. The van der Waals surface area contributed by atoms with Crippen molar-refractivity contribution in [1.82, 2.24) is 0 Å². The summed E-state index contributed by atoms with van der Waals surface area (Å²) in [7, 11) is 1.62. The smallest absolute Gasteiger partial charge is 0.335 e. The fraction of sp³-hybridized carbons (Fsp3) is 0.208. The highest BCUT2D eigenvalue weighted by Crippen LogP contribution is 2.29. The molecule has 29 heavy (non-hydrogen) atoms. The number of carboxylic acids is 1. The summed E-state index contributed by atoms with van der Waals surface area (Å²) < 4.78 is 11.4. The van der Waals surface area contributed by atoms with Crippen molar-refractivity contribution in [2.75, 3.05) is 12.4 Å². The monoisotopic (exact) mass is 391 g/mol. The molecular weight excluding hydrogens is 366 g/mol. The summed E-state index contributed by atoms with van der Waals surface area (Å²) >= 11 is 0. The van der Waals surface area contributed by atoms with Gasteiger partial charge in [0.1, 0.15) is 6.61 Å². The third-order valence-electron chi connectivity index (χ3n) is 4.67. The van der Waals surface area contributed by atoms with E-state index in [2.05, 4.69) is 24.4 Å². The molecule has 0 aliphatic rings. The Kier molecular flexibility index (Phi) is 6.39. The minimum atomic E-state index is -0.940. The number of carbonyl (C=O) groups is 1. The third-order valence-corrected chi connectivity index (χ3v) is 4.67. The average molecular weight is 391 g/mol. The van der Waals surface area contributed by atoms with Gasteiger partial charge in [-0.2, -0.15) is 0 Å². The van der Waals surface area contributed by atoms with Gasteiger partial charge in [-0.05, 0) is 54.8 Å². The molecule has 0 aliphatic heterocycles. The Labute approximate surface area is 170 Å². The Bertz CT molecular complexity index is 1010. The third kappa shape index (κ3) is 5.29. The number of hydrogen-bond acceptors (Lipinski definition) is 4. The normalized spacial score (nSPS) is 10.4. The molecule has 5 heteroatoms. The van der Waals surface area contributed by atoms with Crippen molar-refractivity contribution in [2.45, 2.75) is 27.0 Å². The molecule has 0 spiro atoms. The van der Waals surface area contributed by atoms with Crippen LogP contribution in [0.5, 0.6) is 11.5 Å². The number of carboxylic acid groups (broad SMARTS) is 1. The molecule has 3 rings (SSSR count). The van der Waals surface area contributed by atoms with Crippen LogP contribution in [0.4, 0.5) is 5.69 Å². The molecule has 0 saturated carbocycles. The fourth-order valence-electron chi connectivity index (χ4n) is 3.05. The zero-order valence-electron chi connectivity index (χ0n) is 16.9. The highest BCUT2D eigenvalue weighted by atomic mass is 16.5.